The van der Waals surface area contributed by atoms with Gasteiger partial charge in [0.05, 0.1) is 0 Å². The quantitative estimate of drug-likeness (QED) is 0.808. The Morgan fingerprint density at radius 2 is 1.83 bits per heavy atom. The van der Waals surface area contributed by atoms with Crippen LogP contribution in [0, 0.1) is 12.8 Å². The summed E-state index contributed by atoms with van der Waals surface area (Å²) in [6, 6.07) is 8.15. The summed E-state index contributed by atoms with van der Waals surface area (Å²) in [4.78, 5) is 11.9. The molecule has 0 radical (unpaired) electrons. The van der Waals surface area contributed by atoms with Crippen LogP contribution in [-0.2, 0) is 4.79 Å². The highest BCUT2D eigenvalue weighted by Crippen LogP contribution is 2.24. The molecule has 2 nitrogen and oxygen atoms in total. The smallest absolute Gasteiger partial charge is 0.160 e. The molecule has 1 aliphatic carbocycles. The molecule has 0 heterocycles. The van der Waals surface area contributed by atoms with Gasteiger partial charge in [0, 0.05) is 17.8 Å². The largest absolute Gasteiger partial charge is 0.362 e. The molecular weight excluding hydrogens is 222 g/mol. The monoisotopic (exact) mass is 243 g/mol. The zero-order valence-electron chi connectivity index (χ0n) is 11.0. The minimum absolute atomic E-state index is 0.259. The Hall–Kier alpha value is -1.57. The normalized spacial score (nSPS) is 16.9. The molecule has 0 aliphatic heterocycles. The molecule has 0 saturated heterocycles. The van der Waals surface area contributed by atoms with Crippen molar-refractivity contribution in [3.8, 4) is 0 Å². The lowest BCUT2D eigenvalue weighted by Crippen LogP contribution is -2.15. The van der Waals surface area contributed by atoms with E-state index in [1.54, 1.807) is 12.3 Å². The third-order valence-corrected chi connectivity index (χ3v) is 3.56. The van der Waals surface area contributed by atoms with E-state index in [2.05, 4.69) is 24.4 Å². The van der Waals surface area contributed by atoms with E-state index in [0.29, 0.717) is 0 Å². The third-order valence-electron chi connectivity index (χ3n) is 3.56. The van der Waals surface area contributed by atoms with Gasteiger partial charge in [-0.1, -0.05) is 37.0 Å². The van der Waals surface area contributed by atoms with Gasteiger partial charge in [-0.05, 0) is 38.0 Å². The fourth-order valence-electron chi connectivity index (χ4n) is 2.39. The highest BCUT2D eigenvalue weighted by Gasteiger charge is 2.18. The number of hydrogen-bond acceptors (Lipinski definition) is 2. The molecule has 0 unspecified atom stereocenters. The fraction of sp³-hybridized carbons (Fsp3) is 0.438. The van der Waals surface area contributed by atoms with Crippen molar-refractivity contribution in [1.29, 1.82) is 0 Å². The second-order valence-electron chi connectivity index (χ2n) is 5.08. The number of nitrogens with one attached hydrogen (secondary N) is 1. The average Bonchev–Trinajstić information content (AvgIpc) is 2.42. The van der Waals surface area contributed by atoms with Gasteiger partial charge in [0.2, 0.25) is 0 Å². The first kappa shape index (κ1) is 12.9. The van der Waals surface area contributed by atoms with Crippen molar-refractivity contribution >= 4 is 11.5 Å². The van der Waals surface area contributed by atoms with E-state index in [-0.39, 0.29) is 11.7 Å². The van der Waals surface area contributed by atoms with E-state index in [4.69, 9.17) is 0 Å². The van der Waals surface area contributed by atoms with Crippen LogP contribution in [0.25, 0.3) is 0 Å². The Morgan fingerprint density at radius 3 is 2.50 bits per heavy atom. The lowest BCUT2D eigenvalue weighted by Gasteiger charge is -2.18. The number of ketones is 1. The summed E-state index contributed by atoms with van der Waals surface area (Å²) >= 11 is 0. The minimum Gasteiger partial charge on any atom is -0.362 e. The lowest BCUT2D eigenvalue weighted by atomic mass is 9.86. The number of hydrogen-bond donors (Lipinski definition) is 1. The summed E-state index contributed by atoms with van der Waals surface area (Å²) in [7, 11) is 0. The maximum Gasteiger partial charge on any atom is 0.160 e. The van der Waals surface area contributed by atoms with Gasteiger partial charge in [0.15, 0.2) is 5.78 Å². The van der Waals surface area contributed by atoms with E-state index >= 15 is 0 Å². The Kier molecular flexibility index (Phi) is 4.57. The van der Waals surface area contributed by atoms with Crippen LogP contribution in [0.2, 0.25) is 0 Å². The summed E-state index contributed by atoms with van der Waals surface area (Å²) in [5, 5.41) is 3.14. The molecule has 18 heavy (non-hydrogen) atoms. The number of benzene rings is 1. The Balaban J connectivity index is 1.83. The van der Waals surface area contributed by atoms with Gasteiger partial charge in [-0.2, -0.15) is 0 Å². The van der Waals surface area contributed by atoms with Crippen LogP contribution >= 0.6 is 0 Å². The molecule has 0 spiro atoms. The van der Waals surface area contributed by atoms with Crippen molar-refractivity contribution in [3.63, 3.8) is 0 Å². The van der Waals surface area contributed by atoms with Gasteiger partial charge in [0.1, 0.15) is 0 Å². The summed E-state index contributed by atoms with van der Waals surface area (Å²) in [5.41, 5.74) is 2.26. The van der Waals surface area contributed by atoms with Gasteiger partial charge in [-0.15, -0.1) is 0 Å². The van der Waals surface area contributed by atoms with Crippen LogP contribution in [0.3, 0.4) is 0 Å². The average molecular weight is 243 g/mol. The standard InChI is InChI=1S/C16H21NO/c1-13-7-9-15(10-8-13)17-12-11-16(18)14-5-3-2-4-6-14/h7-12,14,17H,2-6H2,1H3. The zero-order chi connectivity index (χ0) is 12.8. The number of carbonyl (C=O) groups is 1. The van der Waals surface area contributed by atoms with E-state index < -0.39 is 0 Å². The summed E-state index contributed by atoms with van der Waals surface area (Å²) in [6.45, 7) is 2.06. The van der Waals surface area contributed by atoms with Gasteiger partial charge in [-0.25, -0.2) is 0 Å². The first-order chi connectivity index (χ1) is 8.75. The zero-order valence-corrected chi connectivity index (χ0v) is 11.0. The maximum absolute atomic E-state index is 11.9. The van der Waals surface area contributed by atoms with Crippen molar-refractivity contribution < 1.29 is 4.79 Å². The Labute approximate surface area is 109 Å². The highest BCUT2D eigenvalue weighted by molar-refractivity contribution is 5.92. The van der Waals surface area contributed by atoms with Crippen molar-refractivity contribution in [2.75, 3.05) is 5.32 Å². The molecule has 1 aliphatic rings. The van der Waals surface area contributed by atoms with E-state index in [9.17, 15) is 4.79 Å². The van der Waals surface area contributed by atoms with Gasteiger partial charge in [0.25, 0.3) is 0 Å². The predicted molar refractivity (Wildman–Crippen MR) is 75.5 cm³/mol. The molecule has 1 fully saturated rings. The minimum atomic E-state index is 0.259. The molecule has 0 bridgehead atoms. The molecule has 2 rings (SSSR count). The molecule has 0 amide bonds. The molecular formula is C16H21NO. The molecule has 2 heteroatoms. The number of anilines is 1. The molecule has 1 saturated carbocycles. The second-order valence-corrected chi connectivity index (χ2v) is 5.08. The maximum atomic E-state index is 11.9. The molecule has 1 N–H and O–H groups in total. The third kappa shape index (κ3) is 3.73. The SMILES string of the molecule is Cc1ccc(NC=CC(=O)C2CCCCC2)cc1. The van der Waals surface area contributed by atoms with Gasteiger partial charge >= 0.3 is 0 Å². The topological polar surface area (TPSA) is 29.1 Å². The van der Waals surface area contributed by atoms with Gasteiger partial charge in [-0.3, -0.25) is 4.79 Å². The van der Waals surface area contributed by atoms with Crippen molar-refractivity contribution in [3.05, 3.63) is 42.1 Å². The summed E-state index contributed by atoms with van der Waals surface area (Å²) < 4.78 is 0. The first-order valence-electron chi connectivity index (χ1n) is 6.79. The summed E-state index contributed by atoms with van der Waals surface area (Å²) in [6.07, 6.45) is 9.28. The summed E-state index contributed by atoms with van der Waals surface area (Å²) in [5.74, 6) is 0.532. The highest BCUT2D eigenvalue weighted by atomic mass is 16.1. The molecule has 1 aromatic rings. The van der Waals surface area contributed by atoms with Crippen LogP contribution in [-0.4, -0.2) is 5.78 Å². The predicted octanol–water partition coefficient (Wildman–Crippen LogP) is 4.07. The van der Waals surface area contributed by atoms with Crippen LogP contribution < -0.4 is 5.32 Å². The lowest BCUT2D eigenvalue weighted by molar-refractivity contribution is -0.119. The van der Waals surface area contributed by atoms with Crippen LogP contribution in [0.5, 0.6) is 0 Å². The molecule has 0 aromatic heterocycles. The molecule has 96 valence electrons. The van der Waals surface area contributed by atoms with Crippen molar-refractivity contribution in [2.24, 2.45) is 5.92 Å². The van der Waals surface area contributed by atoms with Crippen molar-refractivity contribution in [2.45, 2.75) is 39.0 Å². The number of rotatable bonds is 4. The van der Waals surface area contributed by atoms with E-state index in [1.807, 2.05) is 12.1 Å². The van der Waals surface area contributed by atoms with Crippen LogP contribution in [0.15, 0.2) is 36.5 Å². The van der Waals surface area contributed by atoms with Crippen LogP contribution in [0.4, 0.5) is 5.69 Å². The molecule has 0 atom stereocenters. The molecule has 1 aromatic carbocycles. The fourth-order valence-corrected chi connectivity index (χ4v) is 2.39. The van der Waals surface area contributed by atoms with Gasteiger partial charge < -0.3 is 5.32 Å². The Bertz CT molecular complexity index is 413. The second kappa shape index (κ2) is 6.39. The number of aryl methyl sites for hydroxylation is 1. The first-order valence-corrected chi connectivity index (χ1v) is 6.79. The van der Waals surface area contributed by atoms with E-state index in [0.717, 1.165) is 18.5 Å². The van der Waals surface area contributed by atoms with Crippen LogP contribution in [0.1, 0.15) is 37.7 Å². The Morgan fingerprint density at radius 1 is 1.17 bits per heavy atom. The number of carbonyl (C=O) groups excluding carboxylic acids is 1. The number of allylic oxidation sites excluding steroid dienone is 1. The van der Waals surface area contributed by atoms with E-state index in [1.165, 1.54) is 24.8 Å². The van der Waals surface area contributed by atoms with Crippen molar-refractivity contribution in [1.82, 2.24) is 0 Å².